The van der Waals surface area contributed by atoms with E-state index < -0.39 is 18.2 Å². The topological polar surface area (TPSA) is 64.1 Å². The summed E-state index contributed by atoms with van der Waals surface area (Å²) in [6.07, 6.45) is 0. The molecular weight excluding hydrogens is 240 g/mol. The first-order chi connectivity index (χ1) is 8.47. The Bertz CT molecular complexity index is 552. The van der Waals surface area contributed by atoms with Crippen molar-refractivity contribution >= 4 is 5.82 Å². The highest BCUT2D eigenvalue weighted by Crippen LogP contribution is 2.32. The van der Waals surface area contributed by atoms with Crippen LogP contribution in [0.5, 0.6) is 0 Å². The molecule has 1 aromatic heterocycles. The lowest BCUT2D eigenvalue weighted by Gasteiger charge is -2.10. The molecule has 0 amide bonds. The fraction of sp³-hybridized carbons (Fsp3) is 0.250. The summed E-state index contributed by atoms with van der Waals surface area (Å²) in [6.45, 7) is 0.166. The Morgan fingerprint density at radius 3 is 2.50 bits per heavy atom. The van der Waals surface area contributed by atoms with Gasteiger partial charge in [0.2, 0.25) is 0 Å². The van der Waals surface area contributed by atoms with Crippen LogP contribution in [0.25, 0.3) is 5.69 Å². The molecule has 0 unspecified atom stereocenters. The molecule has 0 fully saturated rings. The van der Waals surface area contributed by atoms with E-state index in [0.29, 0.717) is 5.69 Å². The van der Waals surface area contributed by atoms with Crippen molar-refractivity contribution in [2.24, 2.45) is 0 Å². The molecule has 18 heavy (non-hydrogen) atoms. The third kappa shape index (κ3) is 1.95. The number of alkyl halides is 2. The van der Waals surface area contributed by atoms with Gasteiger partial charge in [-0.25, -0.2) is 4.68 Å². The largest absolute Gasteiger partial charge is 0.390 e. The molecule has 0 aliphatic heterocycles. The number of aliphatic hydroxyl groups is 1. The molecule has 2 aromatic rings. The van der Waals surface area contributed by atoms with E-state index in [1.807, 2.05) is 0 Å². The van der Waals surface area contributed by atoms with Crippen LogP contribution in [0.3, 0.4) is 0 Å². The predicted octanol–water partition coefficient (Wildman–Crippen LogP) is 1.85. The Morgan fingerprint density at radius 2 is 1.94 bits per heavy atom. The number of anilines is 1. The zero-order valence-electron chi connectivity index (χ0n) is 9.77. The maximum Gasteiger partial charge on any atom is 0.314 e. The quantitative estimate of drug-likeness (QED) is 0.877. The van der Waals surface area contributed by atoms with Gasteiger partial charge in [0, 0.05) is 5.56 Å². The Kier molecular flexibility index (Phi) is 3.04. The molecule has 96 valence electrons. The first-order valence-corrected chi connectivity index (χ1v) is 5.37. The molecule has 6 heteroatoms. The van der Waals surface area contributed by atoms with E-state index in [1.165, 1.54) is 11.6 Å². The Labute approximate surface area is 103 Å². The SMILES string of the molecule is Cc1c(C(F)(F)CO)nn(-c2ccccc2)c1N. The molecule has 1 aromatic carbocycles. The number of nitrogens with zero attached hydrogens (tertiary/aromatic N) is 2. The zero-order chi connectivity index (χ0) is 13.3. The fourth-order valence-corrected chi connectivity index (χ4v) is 1.70. The van der Waals surface area contributed by atoms with Gasteiger partial charge in [0.1, 0.15) is 18.1 Å². The lowest BCUT2D eigenvalue weighted by molar-refractivity contribution is -0.0599. The molecule has 0 saturated carbocycles. The van der Waals surface area contributed by atoms with E-state index in [9.17, 15) is 8.78 Å². The summed E-state index contributed by atoms with van der Waals surface area (Å²) in [5.41, 5.74) is 6.05. The third-order valence-electron chi connectivity index (χ3n) is 2.71. The van der Waals surface area contributed by atoms with Crippen LogP contribution in [0.2, 0.25) is 0 Å². The molecular formula is C12H13F2N3O. The molecule has 4 nitrogen and oxygen atoms in total. The van der Waals surface area contributed by atoms with Crippen LogP contribution >= 0.6 is 0 Å². The second kappa shape index (κ2) is 4.38. The standard InChI is InChI=1S/C12H13F2N3O/c1-8-10(12(13,14)7-18)16-17(11(8)15)9-5-3-2-4-6-9/h2-6,18H,7,15H2,1H3. The summed E-state index contributed by atoms with van der Waals surface area (Å²) in [5.74, 6) is -3.25. The summed E-state index contributed by atoms with van der Waals surface area (Å²) in [7, 11) is 0. The number of aliphatic hydroxyl groups excluding tert-OH is 1. The monoisotopic (exact) mass is 253 g/mol. The highest BCUT2D eigenvalue weighted by molar-refractivity contribution is 5.50. The van der Waals surface area contributed by atoms with Crippen LogP contribution in [0.4, 0.5) is 14.6 Å². The Morgan fingerprint density at radius 1 is 1.33 bits per heavy atom. The number of nitrogen functional groups attached to an aromatic ring is 1. The number of aromatic nitrogens is 2. The molecule has 0 radical (unpaired) electrons. The minimum absolute atomic E-state index is 0.143. The summed E-state index contributed by atoms with van der Waals surface area (Å²) in [4.78, 5) is 0. The Balaban J connectivity index is 2.57. The van der Waals surface area contributed by atoms with Gasteiger partial charge in [0.15, 0.2) is 0 Å². The summed E-state index contributed by atoms with van der Waals surface area (Å²) < 4.78 is 28.2. The van der Waals surface area contributed by atoms with Crippen molar-refractivity contribution in [1.82, 2.24) is 9.78 Å². The van der Waals surface area contributed by atoms with Gasteiger partial charge < -0.3 is 10.8 Å². The van der Waals surface area contributed by atoms with Gasteiger partial charge in [-0.3, -0.25) is 0 Å². The first kappa shape index (κ1) is 12.5. The number of rotatable bonds is 3. The molecule has 0 aliphatic carbocycles. The van der Waals surface area contributed by atoms with Crippen LogP contribution in [0, 0.1) is 6.92 Å². The number of hydrogen-bond acceptors (Lipinski definition) is 3. The van der Waals surface area contributed by atoms with Gasteiger partial charge in [-0.2, -0.15) is 13.9 Å². The second-order valence-electron chi connectivity index (χ2n) is 3.97. The fourth-order valence-electron chi connectivity index (χ4n) is 1.70. The van der Waals surface area contributed by atoms with Gasteiger partial charge in [0.25, 0.3) is 0 Å². The molecule has 0 bridgehead atoms. The van der Waals surface area contributed by atoms with Crippen molar-refractivity contribution in [2.45, 2.75) is 12.8 Å². The molecule has 0 saturated heterocycles. The van der Waals surface area contributed by atoms with Gasteiger partial charge in [-0.1, -0.05) is 18.2 Å². The van der Waals surface area contributed by atoms with Crippen molar-refractivity contribution in [1.29, 1.82) is 0 Å². The molecule has 0 spiro atoms. The van der Waals surface area contributed by atoms with Crippen LogP contribution in [0.1, 0.15) is 11.3 Å². The van der Waals surface area contributed by atoms with Crippen LogP contribution in [0.15, 0.2) is 30.3 Å². The van der Waals surface area contributed by atoms with E-state index in [2.05, 4.69) is 5.10 Å². The summed E-state index contributed by atoms with van der Waals surface area (Å²) >= 11 is 0. The maximum atomic E-state index is 13.5. The number of hydrogen-bond donors (Lipinski definition) is 2. The van der Waals surface area contributed by atoms with E-state index in [-0.39, 0.29) is 11.4 Å². The highest BCUT2D eigenvalue weighted by atomic mass is 19.3. The van der Waals surface area contributed by atoms with Crippen molar-refractivity contribution in [2.75, 3.05) is 12.3 Å². The van der Waals surface area contributed by atoms with Gasteiger partial charge in [-0.15, -0.1) is 0 Å². The molecule has 2 rings (SSSR count). The number of nitrogens with two attached hydrogens (primary N) is 1. The van der Waals surface area contributed by atoms with Gasteiger partial charge in [-0.05, 0) is 19.1 Å². The predicted molar refractivity (Wildman–Crippen MR) is 63.7 cm³/mol. The zero-order valence-corrected chi connectivity index (χ0v) is 9.77. The van der Waals surface area contributed by atoms with Crippen molar-refractivity contribution < 1.29 is 13.9 Å². The normalized spacial score (nSPS) is 11.8. The number of benzene rings is 1. The van der Waals surface area contributed by atoms with Crippen LogP contribution in [-0.4, -0.2) is 21.5 Å². The maximum absolute atomic E-state index is 13.5. The summed E-state index contributed by atoms with van der Waals surface area (Å²) in [6, 6.07) is 8.75. The average Bonchev–Trinajstić information content (AvgIpc) is 2.68. The third-order valence-corrected chi connectivity index (χ3v) is 2.71. The van der Waals surface area contributed by atoms with E-state index in [4.69, 9.17) is 10.8 Å². The molecule has 0 atom stereocenters. The molecule has 1 heterocycles. The van der Waals surface area contributed by atoms with Crippen LogP contribution < -0.4 is 5.73 Å². The van der Waals surface area contributed by atoms with Crippen molar-refractivity contribution in [3.05, 3.63) is 41.6 Å². The highest BCUT2D eigenvalue weighted by Gasteiger charge is 2.37. The molecule has 3 N–H and O–H groups in total. The smallest absolute Gasteiger partial charge is 0.314 e. The van der Waals surface area contributed by atoms with Crippen LogP contribution in [-0.2, 0) is 5.92 Å². The van der Waals surface area contributed by atoms with E-state index in [0.717, 1.165) is 0 Å². The van der Waals surface area contributed by atoms with E-state index >= 15 is 0 Å². The Hall–Kier alpha value is -1.95. The van der Waals surface area contributed by atoms with Crippen molar-refractivity contribution in [3.8, 4) is 5.69 Å². The lowest BCUT2D eigenvalue weighted by atomic mass is 10.1. The first-order valence-electron chi connectivity index (χ1n) is 5.37. The average molecular weight is 253 g/mol. The minimum Gasteiger partial charge on any atom is -0.390 e. The number of para-hydroxylation sites is 1. The van der Waals surface area contributed by atoms with Gasteiger partial charge >= 0.3 is 5.92 Å². The molecule has 0 aliphatic rings. The second-order valence-corrected chi connectivity index (χ2v) is 3.97. The lowest BCUT2D eigenvalue weighted by Crippen LogP contribution is -2.20. The minimum atomic E-state index is -3.39. The van der Waals surface area contributed by atoms with Crippen molar-refractivity contribution in [3.63, 3.8) is 0 Å². The number of halogens is 2. The van der Waals surface area contributed by atoms with Gasteiger partial charge in [0.05, 0.1) is 5.69 Å². The van der Waals surface area contributed by atoms with E-state index in [1.54, 1.807) is 30.3 Å². The summed E-state index contributed by atoms with van der Waals surface area (Å²) in [5, 5.41) is 12.5.